The normalized spacial score (nSPS) is 11.7. The van der Waals surface area contributed by atoms with E-state index in [2.05, 4.69) is 38.4 Å². The van der Waals surface area contributed by atoms with Crippen molar-refractivity contribution in [3.8, 4) is 0 Å². The third-order valence-electron chi connectivity index (χ3n) is 2.08. The second-order valence-corrected chi connectivity index (χ2v) is 4.29. The van der Waals surface area contributed by atoms with E-state index in [1.54, 1.807) is 0 Å². The lowest BCUT2D eigenvalue weighted by atomic mass is 9.86. The smallest absolute Gasteiger partial charge is 0.0458 e. The minimum Gasteiger partial charge on any atom is -0.316 e. The van der Waals surface area contributed by atoms with Gasteiger partial charge in [0.25, 0.3) is 0 Å². The molecule has 0 spiro atoms. The number of hydroxylamine groups is 1. The van der Waals surface area contributed by atoms with E-state index < -0.39 is 0 Å². The van der Waals surface area contributed by atoms with Gasteiger partial charge in [0.05, 0.1) is 0 Å². The van der Waals surface area contributed by atoms with Crippen molar-refractivity contribution >= 4 is 0 Å². The number of benzene rings is 1. The molecular weight excluding hydrogens is 162 g/mol. The minimum atomic E-state index is 0.172. The summed E-state index contributed by atoms with van der Waals surface area (Å²) in [4.78, 5) is 0. The first kappa shape index (κ1) is 10.2. The Bertz CT molecular complexity index is 276. The number of hydrogen-bond acceptors (Lipinski definition) is 2. The maximum Gasteiger partial charge on any atom is 0.0458 e. The fourth-order valence-corrected chi connectivity index (χ4v) is 1.24. The molecule has 1 rings (SSSR count). The minimum absolute atomic E-state index is 0.172. The van der Waals surface area contributed by atoms with Gasteiger partial charge in [0, 0.05) is 6.54 Å². The van der Waals surface area contributed by atoms with Crippen LogP contribution in [0.25, 0.3) is 0 Å². The molecule has 0 aromatic heterocycles. The van der Waals surface area contributed by atoms with Crippen molar-refractivity contribution < 1.29 is 5.21 Å². The predicted octanol–water partition coefficient (Wildman–Crippen LogP) is 2.46. The van der Waals surface area contributed by atoms with Gasteiger partial charge in [-0.05, 0) is 16.5 Å². The van der Waals surface area contributed by atoms with Crippen molar-refractivity contribution in [1.29, 1.82) is 0 Å². The van der Waals surface area contributed by atoms with E-state index >= 15 is 0 Å². The van der Waals surface area contributed by atoms with Crippen LogP contribution in [0.4, 0.5) is 0 Å². The average molecular weight is 179 g/mol. The quantitative estimate of drug-likeness (QED) is 0.683. The molecule has 0 unspecified atom stereocenters. The highest BCUT2D eigenvalue weighted by atomic mass is 16.5. The Kier molecular flexibility index (Phi) is 3.07. The molecule has 2 nitrogen and oxygen atoms in total. The van der Waals surface area contributed by atoms with Gasteiger partial charge in [-0.25, -0.2) is 5.48 Å². The first-order chi connectivity index (χ1) is 6.04. The third-order valence-corrected chi connectivity index (χ3v) is 2.08. The van der Waals surface area contributed by atoms with E-state index in [4.69, 9.17) is 5.21 Å². The van der Waals surface area contributed by atoms with Gasteiger partial charge in [0.15, 0.2) is 0 Å². The van der Waals surface area contributed by atoms with Crippen LogP contribution in [0, 0.1) is 0 Å². The molecule has 13 heavy (non-hydrogen) atoms. The van der Waals surface area contributed by atoms with Crippen LogP contribution in [0.2, 0.25) is 0 Å². The monoisotopic (exact) mass is 179 g/mol. The van der Waals surface area contributed by atoms with Gasteiger partial charge in [0.1, 0.15) is 0 Å². The zero-order chi connectivity index (χ0) is 9.90. The highest BCUT2D eigenvalue weighted by Gasteiger charge is 2.13. The van der Waals surface area contributed by atoms with Gasteiger partial charge in [-0.15, -0.1) is 0 Å². The molecule has 1 aromatic carbocycles. The number of hydrogen-bond donors (Lipinski definition) is 2. The summed E-state index contributed by atoms with van der Waals surface area (Å²) in [5.74, 6) is 0. The first-order valence-electron chi connectivity index (χ1n) is 4.50. The largest absolute Gasteiger partial charge is 0.316 e. The molecule has 0 aliphatic rings. The summed E-state index contributed by atoms with van der Waals surface area (Å²) >= 11 is 0. The number of rotatable bonds is 2. The van der Waals surface area contributed by atoms with Crippen LogP contribution in [-0.4, -0.2) is 5.21 Å². The lowest BCUT2D eigenvalue weighted by Crippen LogP contribution is -2.12. The van der Waals surface area contributed by atoms with Crippen LogP contribution in [0.15, 0.2) is 24.3 Å². The molecule has 2 N–H and O–H groups in total. The topological polar surface area (TPSA) is 32.3 Å². The van der Waals surface area contributed by atoms with Gasteiger partial charge in [0.2, 0.25) is 0 Å². The van der Waals surface area contributed by atoms with E-state index in [1.165, 1.54) is 5.56 Å². The van der Waals surface area contributed by atoms with Crippen LogP contribution >= 0.6 is 0 Å². The maximum atomic E-state index is 8.56. The summed E-state index contributed by atoms with van der Waals surface area (Å²) in [6, 6.07) is 8.25. The molecule has 0 saturated carbocycles. The maximum absolute atomic E-state index is 8.56. The van der Waals surface area contributed by atoms with Gasteiger partial charge in [-0.2, -0.15) is 0 Å². The van der Waals surface area contributed by atoms with E-state index in [9.17, 15) is 0 Å². The standard InChI is InChI=1S/C11H17NO/c1-11(2,3)10-6-4-5-9(7-10)8-12-13/h4-7,12-13H,8H2,1-3H3. The predicted molar refractivity (Wildman–Crippen MR) is 53.8 cm³/mol. The lowest BCUT2D eigenvalue weighted by molar-refractivity contribution is 0.161. The molecular formula is C11H17NO. The molecule has 0 fully saturated rings. The van der Waals surface area contributed by atoms with E-state index in [-0.39, 0.29) is 5.41 Å². The SMILES string of the molecule is CC(C)(C)c1cccc(CNO)c1. The first-order valence-corrected chi connectivity index (χ1v) is 4.50. The Morgan fingerprint density at radius 2 is 2.00 bits per heavy atom. The fourth-order valence-electron chi connectivity index (χ4n) is 1.24. The van der Waals surface area contributed by atoms with Crippen LogP contribution in [0.5, 0.6) is 0 Å². The summed E-state index contributed by atoms with van der Waals surface area (Å²) in [5, 5.41) is 8.56. The molecule has 0 bridgehead atoms. The second-order valence-electron chi connectivity index (χ2n) is 4.29. The van der Waals surface area contributed by atoms with Crippen molar-refractivity contribution in [3.05, 3.63) is 35.4 Å². The van der Waals surface area contributed by atoms with Crippen LogP contribution < -0.4 is 5.48 Å². The van der Waals surface area contributed by atoms with Crippen LogP contribution in [0.1, 0.15) is 31.9 Å². The Morgan fingerprint density at radius 3 is 2.54 bits per heavy atom. The Balaban J connectivity index is 2.92. The summed E-state index contributed by atoms with van der Waals surface area (Å²) in [6.45, 7) is 7.04. The molecule has 0 heterocycles. The Hall–Kier alpha value is -0.860. The molecule has 0 aliphatic carbocycles. The van der Waals surface area contributed by atoms with Crippen molar-refractivity contribution in [2.45, 2.75) is 32.7 Å². The van der Waals surface area contributed by atoms with Gasteiger partial charge in [-0.1, -0.05) is 45.0 Å². The summed E-state index contributed by atoms with van der Waals surface area (Å²) in [6.07, 6.45) is 0. The van der Waals surface area contributed by atoms with Crippen molar-refractivity contribution in [3.63, 3.8) is 0 Å². The van der Waals surface area contributed by atoms with Crippen LogP contribution in [-0.2, 0) is 12.0 Å². The van der Waals surface area contributed by atoms with E-state index in [0.29, 0.717) is 6.54 Å². The highest BCUT2D eigenvalue weighted by Crippen LogP contribution is 2.22. The van der Waals surface area contributed by atoms with Crippen LogP contribution in [0.3, 0.4) is 0 Å². The van der Waals surface area contributed by atoms with Crippen molar-refractivity contribution in [2.24, 2.45) is 0 Å². The molecule has 0 atom stereocenters. The van der Waals surface area contributed by atoms with Crippen molar-refractivity contribution in [2.75, 3.05) is 0 Å². The molecule has 0 radical (unpaired) electrons. The average Bonchev–Trinajstić information content (AvgIpc) is 2.04. The van der Waals surface area contributed by atoms with Gasteiger partial charge in [-0.3, -0.25) is 0 Å². The second kappa shape index (κ2) is 3.90. The third kappa shape index (κ3) is 2.83. The molecule has 0 amide bonds. The van der Waals surface area contributed by atoms with Gasteiger partial charge < -0.3 is 5.21 Å². The van der Waals surface area contributed by atoms with Crippen molar-refractivity contribution in [1.82, 2.24) is 5.48 Å². The fraction of sp³-hybridized carbons (Fsp3) is 0.455. The summed E-state index contributed by atoms with van der Waals surface area (Å²) < 4.78 is 0. The Labute approximate surface area is 79.6 Å². The molecule has 2 heteroatoms. The Morgan fingerprint density at radius 1 is 1.31 bits per heavy atom. The molecule has 72 valence electrons. The number of nitrogens with one attached hydrogen (secondary N) is 1. The molecule has 1 aromatic rings. The molecule has 0 aliphatic heterocycles. The molecule has 0 saturated heterocycles. The summed E-state index contributed by atoms with van der Waals surface area (Å²) in [5.41, 5.74) is 4.73. The zero-order valence-corrected chi connectivity index (χ0v) is 8.46. The highest BCUT2D eigenvalue weighted by molar-refractivity contribution is 5.28. The summed E-state index contributed by atoms with van der Waals surface area (Å²) in [7, 11) is 0. The zero-order valence-electron chi connectivity index (χ0n) is 8.46. The van der Waals surface area contributed by atoms with E-state index in [1.807, 2.05) is 12.1 Å². The lowest BCUT2D eigenvalue weighted by Gasteiger charge is -2.19. The van der Waals surface area contributed by atoms with Gasteiger partial charge >= 0.3 is 0 Å². The van der Waals surface area contributed by atoms with E-state index in [0.717, 1.165) is 5.56 Å².